The number of nitrogens with zero attached hydrogens (tertiary/aromatic N) is 4. The first kappa shape index (κ1) is 23.4. The average molecular weight is 460 g/mol. The second kappa shape index (κ2) is 11.4. The molecule has 0 radical (unpaired) electrons. The molecule has 0 bridgehead atoms. The number of phenols is 1. The van der Waals surface area contributed by atoms with E-state index in [9.17, 15) is 9.90 Å². The zero-order valence-electron chi connectivity index (χ0n) is 19.0. The van der Waals surface area contributed by atoms with Gasteiger partial charge in [-0.1, -0.05) is 30.3 Å². The van der Waals surface area contributed by atoms with E-state index in [-0.39, 0.29) is 18.2 Å². The summed E-state index contributed by atoms with van der Waals surface area (Å²) in [4.78, 5) is 26.7. The van der Waals surface area contributed by atoms with Crippen LogP contribution in [0.25, 0.3) is 11.3 Å². The van der Waals surface area contributed by atoms with E-state index < -0.39 is 5.97 Å². The molecule has 0 amide bonds. The number of aliphatic imine (C=N–C) groups is 1. The van der Waals surface area contributed by atoms with E-state index in [1.54, 1.807) is 18.3 Å². The van der Waals surface area contributed by atoms with Gasteiger partial charge < -0.3 is 15.5 Å². The number of aromatic hydroxyl groups is 1. The van der Waals surface area contributed by atoms with Gasteiger partial charge in [0.05, 0.1) is 12.2 Å². The fourth-order valence-corrected chi connectivity index (χ4v) is 4.02. The monoisotopic (exact) mass is 459 g/mol. The Bertz CT molecular complexity index is 1130. The minimum atomic E-state index is -0.780. The number of carboxylic acid groups (broad SMARTS) is 1. The van der Waals surface area contributed by atoms with Crippen LogP contribution in [0.4, 0.5) is 5.95 Å². The highest BCUT2D eigenvalue weighted by Crippen LogP contribution is 2.21. The van der Waals surface area contributed by atoms with Crippen LogP contribution >= 0.6 is 0 Å². The van der Waals surface area contributed by atoms with E-state index in [2.05, 4.69) is 37.3 Å². The summed E-state index contributed by atoms with van der Waals surface area (Å²) in [5.74, 6) is 0.0546. The van der Waals surface area contributed by atoms with Gasteiger partial charge in [0.2, 0.25) is 5.95 Å². The van der Waals surface area contributed by atoms with Gasteiger partial charge in [0.15, 0.2) is 0 Å². The van der Waals surface area contributed by atoms with Gasteiger partial charge in [0, 0.05) is 50.1 Å². The van der Waals surface area contributed by atoms with Gasteiger partial charge in [-0.05, 0) is 48.2 Å². The number of rotatable bonds is 10. The standard InChI is InChI=1S/C26H29N5O3/c32-23-7-4-19(5-8-23)10-12-28-26-29-13-11-24(30-26)21-3-1-2-20(16-21)18-31-15-14-27-17-22(31)6-9-25(33)34/h1-5,7-8,11,13,16-17,22,32H,6,9-10,12,14-15,18H2,(H,33,34)(H,28,29,30). The second-order valence-corrected chi connectivity index (χ2v) is 8.33. The molecule has 0 fully saturated rings. The maximum atomic E-state index is 11.0. The van der Waals surface area contributed by atoms with E-state index in [1.165, 1.54) is 0 Å². The van der Waals surface area contributed by atoms with Crippen LogP contribution in [0.5, 0.6) is 5.75 Å². The predicted octanol–water partition coefficient (Wildman–Crippen LogP) is 3.62. The Morgan fingerprint density at radius 1 is 1.12 bits per heavy atom. The van der Waals surface area contributed by atoms with Crippen molar-refractivity contribution in [2.24, 2.45) is 4.99 Å². The summed E-state index contributed by atoms with van der Waals surface area (Å²) in [6.07, 6.45) is 5.13. The van der Waals surface area contributed by atoms with Crippen molar-refractivity contribution < 1.29 is 15.0 Å². The van der Waals surface area contributed by atoms with Crippen LogP contribution in [0.1, 0.15) is 24.0 Å². The lowest BCUT2D eigenvalue weighted by Crippen LogP contribution is -2.41. The van der Waals surface area contributed by atoms with E-state index in [1.807, 2.05) is 36.5 Å². The van der Waals surface area contributed by atoms with E-state index in [0.29, 0.717) is 18.9 Å². The molecule has 1 atom stereocenters. The first-order valence-corrected chi connectivity index (χ1v) is 11.5. The molecular formula is C26H29N5O3. The number of anilines is 1. The van der Waals surface area contributed by atoms with Gasteiger partial charge in [-0.2, -0.15) is 0 Å². The smallest absolute Gasteiger partial charge is 0.303 e. The molecule has 1 aliphatic rings. The van der Waals surface area contributed by atoms with Gasteiger partial charge in [0.1, 0.15) is 5.75 Å². The third-order valence-electron chi connectivity index (χ3n) is 5.81. The topological polar surface area (TPSA) is 111 Å². The number of aliphatic carboxylic acids is 1. The molecule has 8 nitrogen and oxygen atoms in total. The maximum Gasteiger partial charge on any atom is 0.303 e. The van der Waals surface area contributed by atoms with Crippen LogP contribution in [0.2, 0.25) is 0 Å². The Morgan fingerprint density at radius 3 is 2.79 bits per heavy atom. The average Bonchev–Trinajstić information content (AvgIpc) is 2.85. The highest BCUT2D eigenvalue weighted by molar-refractivity contribution is 5.70. The van der Waals surface area contributed by atoms with Gasteiger partial charge in [-0.25, -0.2) is 9.97 Å². The summed E-state index contributed by atoms with van der Waals surface area (Å²) < 4.78 is 0. The highest BCUT2D eigenvalue weighted by atomic mass is 16.4. The number of phenolic OH excluding ortho intramolecular Hbond substituents is 1. The van der Waals surface area contributed by atoms with Gasteiger partial charge in [0.25, 0.3) is 0 Å². The minimum Gasteiger partial charge on any atom is -0.508 e. The fraction of sp³-hybridized carbons (Fsp3) is 0.308. The Labute approximate surface area is 199 Å². The lowest BCUT2D eigenvalue weighted by Gasteiger charge is -2.31. The molecule has 1 aromatic heterocycles. The largest absolute Gasteiger partial charge is 0.508 e. The molecule has 0 saturated carbocycles. The molecule has 1 aliphatic heterocycles. The molecule has 34 heavy (non-hydrogen) atoms. The van der Waals surface area contributed by atoms with Crippen LogP contribution in [0, 0.1) is 0 Å². The molecule has 3 aromatic rings. The number of nitrogens with one attached hydrogen (secondary N) is 1. The SMILES string of the molecule is O=C(O)CCC1C=NCCN1Cc1cccc(-c2ccnc(NCCc3ccc(O)cc3)n2)c1. The summed E-state index contributed by atoms with van der Waals surface area (Å²) in [5, 5.41) is 21.7. The van der Waals surface area contributed by atoms with Crippen molar-refractivity contribution in [2.45, 2.75) is 31.8 Å². The van der Waals surface area contributed by atoms with Crippen molar-refractivity contribution in [3.63, 3.8) is 0 Å². The van der Waals surface area contributed by atoms with E-state index >= 15 is 0 Å². The van der Waals surface area contributed by atoms with Crippen molar-refractivity contribution in [1.82, 2.24) is 14.9 Å². The maximum absolute atomic E-state index is 11.0. The Kier molecular flexibility index (Phi) is 7.83. The molecule has 4 rings (SSSR count). The first-order valence-electron chi connectivity index (χ1n) is 11.5. The summed E-state index contributed by atoms with van der Waals surface area (Å²) >= 11 is 0. The highest BCUT2D eigenvalue weighted by Gasteiger charge is 2.20. The molecule has 0 aliphatic carbocycles. The number of carbonyl (C=O) groups is 1. The summed E-state index contributed by atoms with van der Waals surface area (Å²) in [6, 6.07) is 17.4. The third-order valence-corrected chi connectivity index (χ3v) is 5.81. The van der Waals surface area contributed by atoms with Gasteiger partial charge in [-0.3, -0.25) is 14.7 Å². The van der Waals surface area contributed by atoms with Crippen molar-refractivity contribution in [1.29, 1.82) is 0 Å². The molecule has 1 unspecified atom stereocenters. The van der Waals surface area contributed by atoms with Gasteiger partial charge >= 0.3 is 5.97 Å². The number of hydrogen-bond donors (Lipinski definition) is 3. The molecule has 2 aromatic carbocycles. The van der Waals surface area contributed by atoms with E-state index in [0.717, 1.165) is 48.4 Å². The van der Waals surface area contributed by atoms with E-state index in [4.69, 9.17) is 5.11 Å². The van der Waals surface area contributed by atoms with Crippen LogP contribution in [-0.2, 0) is 17.8 Å². The summed E-state index contributed by atoms with van der Waals surface area (Å²) in [6.45, 7) is 2.96. The lowest BCUT2D eigenvalue weighted by molar-refractivity contribution is -0.137. The molecular weight excluding hydrogens is 430 g/mol. The van der Waals surface area contributed by atoms with Crippen molar-refractivity contribution >= 4 is 18.1 Å². The first-order chi connectivity index (χ1) is 16.6. The normalized spacial score (nSPS) is 15.8. The van der Waals surface area contributed by atoms with Crippen LogP contribution in [-0.4, -0.2) is 62.9 Å². The van der Waals surface area contributed by atoms with Crippen LogP contribution in [0.3, 0.4) is 0 Å². The number of aromatic nitrogens is 2. The quantitative estimate of drug-likeness (QED) is 0.425. The second-order valence-electron chi connectivity index (χ2n) is 8.33. The van der Waals surface area contributed by atoms with Crippen LogP contribution in [0.15, 0.2) is 65.8 Å². The Hall–Kier alpha value is -3.78. The van der Waals surface area contributed by atoms with Gasteiger partial charge in [-0.15, -0.1) is 0 Å². The summed E-state index contributed by atoms with van der Waals surface area (Å²) in [7, 11) is 0. The molecule has 0 spiro atoms. The van der Waals surface area contributed by atoms with Crippen molar-refractivity contribution in [3.8, 4) is 17.0 Å². The zero-order valence-corrected chi connectivity index (χ0v) is 19.0. The zero-order chi connectivity index (χ0) is 23.8. The predicted molar refractivity (Wildman–Crippen MR) is 132 cm³/mol. The number of benzene rings is 2. The summed E-state index contributed by atoms with van der Waals surface area (Å²) in [5.41, 5.74) is 4.12. The molecule has 2 heterocycles. The molecule has 3 N–H and O–H groups in total. The van der Waals surface area contributed by atoms with Crippen molar-refractivity contribution in [3.05, 3.63) is 71.9 Å². The molecule has 176 valence electrons. The van der Waals surface area contributed by atoms with Crippen molar-refractivity contribution in [2.75, 3.05) is 25.0 Å². The fourth-order valence-electron chi connectivity index (χ4n) is 4.02. The Balaban J connectivity index is 1.39. The lowest BCUT2D eigenvalue weighted by atomic mass is 10.0. The third kappa shape index (κ3) is 6.62. The Morgan fingerprint density at radius 2 is 1.97 bits per heavy atom. The van der Waals surface area contributed by atoms with Crippen LogP contribution < -0.4 is 5.32 Å². The minimum absolute atomic E-state index is 0.0388. The number of hydrogen-bond acceptors (Lipinski definition) is 7. The number of carboxylic acids is 1. The molecule has 0 saturated heterocycles. The molecule has 8 heteroatoms.